The third-order valence-corrected chi connectivity index (χ3v) is 5.98. The van der Waals surface area contributed by atoms with Crippen LogP contribution in [0, 0.1) is 6.92 Å². The fourth-order valence-electron chi connectivity index (χ4n) is 4.16. The summed E-state index contributed by atoms with van der Waals surface area (Å²) < 4.78 is 11.5. The molecule has 0 spiro atoms. The topological polar surface area (TPSA) is 76.6 Å². The molecule has 1 aliphatic heterocycles. The van der Waals surface area contributed by atoms with E-state index in [1.54, 1.807) is 6.20 Å². The van der Waals surface area contributed by atoms with Gasteiger partial charge in [0.1, 0.15) is 30.5 Å². The van der Waals surface area contributed by atoms with E-state index in [9.17, 15) is 4.79 Å². The number of amides is 1. The number of nitrogens with zero attached hydrogens (tertiary/aromatic N) is 3. The molecule has 7 heteroatoms. The second kappa shape index (κ2) is 12.1. The van der Waals surface area contributed by atoms with E-state index in [0.717, 1.165) is 49.7 Å². The lowest BCUT2D eigenvalue weighted by Crippen LogP contribution is -2.37. The summed E-state index contributed by atoms with van der Waals surface area (Å²) in [6, 6.07) is 19.5. The predicted octanol–water partition coefficient (Wildman–Crippen LogP) is 3.85. The molecule has 1 aliphatic rings. The van der Waals surface area contributed by atoms with Crippen molar-refractivity contribution in [3.63, 3.8) is 0 Å². The number of aromatic nitrogens is 2. The molecule has 1 fully saturated rings. The zero-order chi connectivity index (χ0) is 23.6. The van der Waals surface area contributed by atoms with Gasteiger partial charge in [0, 0.05) is 18.7 Å². The Bertz CT molecular complexity index is 1040. The molecule has 178 valence electrons. The van der Waals surface area contributed by atoms with E-state index in [-0.39, 0.29) is 11.8 Å². The lowest BCUT2D eigenvalue weighted by molar-refractivity contribution is 0.0943. The highest BCUT2D eigenvalue weighted by molar-refractivity contribution is 5.95. The van der Waals surface area contributed by atoms with Crippen molar-refractivity contribution in [2.75, 3.05) is 39.4 Å². The molecule has 2 aromatic carbocycles. The second-order valence-electron chi connectivity index (χ2n) is 8.41. The van der Waals surface area contributed by atoms with E-state index in [2.05, 4.69) is 20.2 Å². The van der Waals surface area contributed by atoms with Gasteiger partial charge in [-0.25, -0.2) is 9.97 Å². The number of benzene rings is 2. The lowest BCUT2D eigenvalue weighted by atomic mass is 9.90. The van der Waals surface area contributed by atoms with Crippen LogP contribution in [0.15, 0.2) is 66.9 Å². The summed E-state index contributed by atoms with van der Waals surface area (Å²) in [4.78, 5) is 24.3. The quantitative estimate of drug-likeness (QED) is 0.463. The number of likely N-dealkylation sites (tertiary alicyclic amines) is 1. The van der Waals surface area contributed by atoms with Crippen molar-refractivity contribution >= 4 is 5.91 Å². The Hall–Kier alpha value is -3.45. The number of rotatable bonds is 10. The average molecular weight is 461 g/mol. The zero-order valence-corrected chi connectivity index (χ0v) is 19.7. The predicted molar refractivity (Wildman–Crippen MR) is 131 cm³/mol. The van der Waals surface area contributed by atoms with Crippen molar-refractivity contribution in [3.8, 4) is 11.5 Å². The average Bonchev–Trinajstić information content (AvgIpc) is 2.88. The van der Waals surface area contributed by atoms with Gasteiger partial charge in [0.25, 0.3) is 5.91 Å². The lowest BCUT2D eigenvalue weighted by Gasteiger charge is -2.32. The maximum absolute atomic E-state index is 12.9. The van der Waals surface area contributed by atoms with Gasteiger partial charge in [-0.2, -0.15) is 0 Å². The van der Waals surface area contributed by atoms with Crippen LogP contribution in [0.3, 0.4) is 0 Å². The third kappa shape index (κ3) is 6.78. The van der Waals surface area contributed by atoms with Crippen molar-refractivity contribution in [1.82, 2.24) is 20.2 Å². The Labute approximate surface area is 201 Å². The maximum Gasteiger partial charge on any atom is 0.254 e. The fraction of sp³-hybridized carbons (Fsp3) is 0.370. The molecule has 1 amide bonds. The van der Waals surface area contributed by atoms with Crippen LogP contribution < -0.4 is 14.8 Å². The minimum atomic E-state index is -0.148. The van der Waals surface area contributed by atoms with Crippen LogP contribution in [-0.4, -0.2) is 60.2 Å². The van der Waals surface area contributed by atoms with E-state index in [4.69, 9.17) is 9.47 Å². The van der Waals surface area contributed by atoms with Crippen molar-refractivity contribution in [1.29, 1.82) is 0 Å². The number of aryl methyl sites for hydroxylation is 1. The number of piperidine rings is 1. The molecule has 1 aromatic heterocycles. The first-order valence-electron chi connectivity index (χ1n) is 11.9. The van der Waals surface area contributed by atoms with Crippen molar-refractivity contribution in [3.05, 3.63) is 83.9 Å². The maximum atomic E-state index is 12.9. The number of nitrogens with one attached hydrogen (secondary N) is 1. The van der Waals surface area contributed by atoms with Crippen LogP contribution in [0.2, 0.25) is 0 Å². The van der Waals surface area contributed by atoms with E-state index in [0.29, 0.717) is 31.1 Å². The summed E-state index contributed by atoms with van der Waals surface area (Å²) in [5.74, 6) is 2.48. The smallest absolute Gasteiger partial charge is 0.254 e. The molecule has 0 saturated carbocycles. The third-order valence-electron chi connectivity index (χ3n) is 5.98. The van der Waals surface area contributed by atoms with Gasteiger partial charge in [0.05, 0.1) is 17.8 Å². The molecule has 7 nitrogen and oxygen atoms in total. The van der Waals surface area contributed by atoms with Crippen LogP contribution in [0.4, 0.5) is 0 Å². The molecule has 0 bridgehead atoms. The summed E-state index contributed by atoms with van der Waals surface area (Å²) in [5, 5.41) is 2.95. The summed E-state index contributed by atoms with van der Waals surface area (Å²) in [5.41, 5.74) is 1.42. The standard InChI is InChI=1S/C27H32N4O3/c1-21-29-20-25(27(32)28-14-18-33-23-8-4-2-5-9-23)26(30-21)22-12-15-31(16-13-22)17-19-34-24-10-6-3-7-11-24/h2-11,20,22H,12-19H2,1H3,(H,28,32). The first kappa shape index (κ1) is 23.7. The molecular formula is C27H32N4O3. The molecule has 4 rings (SSSR count). The molecule has 0 radical (unpaired) electrons. The van der Waals surface area contributed by atoms with Gasteiger partial charge in [0.2, 0.25) is 0 Å². The largest absolute Gasteiger partial charge is 0.492 e. The summed E-state index contributed by atoms with van der Waals surface area (Å²) >= 11 is 0. The molecular weight excluding hydrogens is 428 g/mol. The Morgan fingerprint density at radius 1 is 0.971 bits per heavy atom. The van der Waals surface area contributed by atoms with Gasteiger partial charge in [-0.15, -0.1) is 0 Å². The van der Waals surface area contributed by atoms with Crippen LogP contribution in [0.25, 0.3) is 0 Å². The first-order chi connectivity index (χ1) is 16.7. The molecule has 0 atom stereocenters. The number of carbonyl (C=O) groups excluding carboxylic acids is 1. The van der Waals surface area contributed by atoms with Crippen molar-refractivity contribution in [2.45, 2.75) is 25.7 Å². The van der Waals surface area contributed by atoms with Crippen LogP contribution in [0.5, 0.6) is 11.5 Å². The molecule has 0 aliphatic carbocycles. The van der Waals surface area contributed by atoms with Gasteiger partial charge < -0.3 is 14.8 Å². The molecule has 0 unspecified atom stereocenters. The fourth-order valence-corrected chi connectivity index (χ4v) is 4.16. The molecule has 1 saturated heterocycles. The van der Waals surface area contributed by atoms with Crippen LogP contribution in [0.1, 0.15) is 40.6 Å². The summed E-state index contributed by atoms with van der Waals surface area (Å²) in [7, 11) is 0. The zero-order valence-electron chi connectivity index (χ0n) is 19.7. The minimum absolute atomic E-state index is 0.148. The van der Waals surface area contributed by atoms with E-state index in [1.165, 1.54) is 0 Å². The van der Waals surface area contributed by atoms with Gasteiger partial charge in [-0.1, -0.05) is 36.4 Å². The Morgan fingerprint density at radius 3 is 2.24 bits per heavy atom. The van der Waals surface area contributed by atoms with Crippen molar-refractivity contribution in [2.24, 2.45) is 0 Å². The van der Waals surface area contributed by atoms with Gasteiger partial charge >= 0.3 is 0 Å². The molecule has 2 heterocycles. The number of hydrogen-bond acceptors (Lipinski definition) is 6. The number of ether oxygens (including phenoxy) is 2. The number of carbonyl (C=O) groups is 1. The van der Waals surface area contributed by atoms with Crippen molar-refractivity contribution < 1.29 is 14.3 Å². The van der Waals surface area contributed by atoms with Gasteiger partial charge in [0.15, 0.2) is 0 Å². The highest BCUT2D eigenvalue weighted by Crippen LogP contribution is 2.29. The molecule has 3 aromatic rings. The molecule has 34 heavy (non-hydrogen) atoms. The normalized spacial score (nSPS) is 14.5. The Balaban J connectivity index is 1.26. The number of hydrogen-bond donors (Lipinski definition) is 1. The summed E-state index contributed by atoms with van der Waals surface area (Å²) in [6.07, 6.45) is 3.57. The van der Waals surface area contributed by atoms with Gasteiger partial charge in [-0.05, 0) is 57.1 Å². The minimum Gasteiger partial charge on any atom is -0.492 e. The van der Waals surface area contributed by atoms with Crippen LogP contribution in [-0.2, 0) is 0 Å². The second-order valence-corrected chi connectivity index (χ2v) is 8.41. The first-order valence-corrected chi connectivity index (χ1v) is 11.9. The highest BCUT2D eigenvalue weighted by Gasteiger charge is 2.26. The van der Waals surface area contributed by atoms with Crippen LogP contribution >= 0.6 is 0 Å². The monoisotopic (exact) mass is 460 g/mol. The Morgan fingerprint density at radius 2 is 1.59 bits per heavy atom. The van der Waals surface area contributed by atoms with Gasteiger partial charge in [-0.3, -0.25) is 9.69 Å². The molecule has 1 N–H and O–H groups in total. The van der Waals surface area contributed by atoms with E-state index >= 15 is 0 Å². The summed E-state index contributed by atoms with van der Waals surface area (Å²) in [6.45, 7) is 6.16. The van der Waals surface area contributed by atoms with E-state index < -0.39 is 0 Å². The van der Waals surface area contributed by atoms with E-state index in [1.807, 2.05) is 67.6 Å². The highest BCUT2D eigenvalue weighted by atomic mass is 16.5. The SMILES string of the molecule is Cc1ncc(C(=O)NCCOc2ccccc2)c(C2CCN(CCOc3ccccc3)CC2)n1. The Kier molecular flexibility index (Phi) is 8.46. The number of para-hydroxylation sites is 2.